The summed E-state index contributed by atoms with van der Waals surface area (Å²) in [5, 5.41) is 16.9. The van der Waals surface area contributed by atoms with Crippen molar-refractivity contribution in [1.29, 1.82) is 0 Å². The van der Waals surface area contributed by atoms with Gasteiger partial charge in [-0.05, 0) is 12.1 Å². The lowest BCUT2D eigenvalue weighted by atomic mass is 10.2. The Labute approximate surface area is 105 Å². The minimum absolute atomic E-state index is 0.115. The second-order valence-electron chi connectivity index (χ2n) is 3.75. The largest absolute Gasteiger partial charge is 0.504 e. The van der Waals surface area contributed by atoms with Crippen molar-refractivity contribution in [1.82, 2.24) is 9.78 Å². The highest BCUT2D eigenvalue weighted by Crippen LogP contribution is 2.28. The maximum atomic E-state index is 9.64. The van der Waals surface area contributed by atoms with Crippen LogP contribution in [-0.4, -0.2) is 22.0 Å². The number of hydrogen-bond acceptors (Lipinski definition) is 4. The molecule has 0 unspecified atom stereocenters. The van der Waals surface area contributed by atoms with Crippen LogP contribution in [0.1, 0.15) is 5.56 Å². The fourth-order valence-electron chi connectivity index (χ4n) is 1.57. The minimum atomic E-state index is 0.115. The van der Waals surface area contributed by atoms with E-state index >= 15 is 0 Å². The maximum absolute atomic E-state index is 9.64. The number of nitrogens with zero attached hydrogens (tertiary/aromatic N) is 2. The molecular formula is C13H15N3O2. The zero-order valence-corrected chi connectivity index (χ0v) is 10.1. The minimum Gasteiger partial charge on any atom is -0.504 e. The molecule has 2 N–H and O–H groups in total. The molecule has 5 nitrogen and oxygen atoms in total. The van der Waals surface area contributed by atoms with Crippen LogP contribution in [0.2, 0.25) is 0 Å². The van der Waals surface area contributed by atoms with Crippen molar-refractivity contribution in [2.75, 3.05) is 12.4 Å². The molecule has 18 heavy (non-hydrogen) atoms. The first kappa shape index (κ1) is 12.0. The molecule has 0 spiro atoms. The molecule has 0 aliphatic heterocycles. The Morgan fingerprint density at radius 3 is 3.00 bits per heavy atom. The van der Waals surface area contributed by atoms with E-state index in [1.54, 1.807) is 29.2 Å². The molecule has 1 aromatic carbocycles. The highest BCUT2D eigenvalue weighted by atomic mass is 16.5. The van der Waals surface area contributed by atoms with Crippen LogP contribution in [0.4, 0.5) is 5.69 Å². The molecular weight excluding hydrogens is 230 g/mol. The summed E-state index contributed by atoms with van der Waals surface area (Å²) in [6.07, 6.45) is 5.27. The van der Waals surface area contributed by atoms with E-state index in [0.717, 1.165) is 11.3 Å². The number of rotatable bonds is 5. The zero-order valence-electron chi connectivity index (χ0n) is 10.1. The molecule has 0 aliphatic rings. The number of phenols is 1. The molecule has 0 saturated carbocycles. The number of ether oxygens (including phenoxy) is 1. The number of phenolic OH excluding ortho intramolecular Hbond substituents is 1. The van der Waals surface area contributed by atoms with Gasteiger partial charge in [0.15, 0.2) is 11.5 Å². The summed E-state index contributed by atoms with van der Waals surface area (Å²) >= 11 is 0. The first-order valence-corrected chi connectivity index (χ1v) is 5.49. The Kier molecular flexibility index (Phi) is 3.52. The van der Waals surface area contributed by atoms with Crippen LogP contribution in [0.3, 0.4) is 0 Å². The fraction of sp³-hybridized carbons (Fsp3) is 0.154. The van der Waals surface area contributed by atoms with Gasteiger partial charge in [-0.2, -0.15) is 5.10 Å². The summed E-state index contributed by atoms with van der Waals surface area (Å²) in [6, 6.07) is 5.18. The van der Waals surface area contributed by atoms with Gasteiger partial charge in [0.25, 0.3) is 0 Å². The number of aromatic hydroxyl groups is 1. The molecule has 0 saturated heterocycles. The first-order valence-electron chi connectivity index (χ1n) is 5.49. The molecule has 1 aromatic heterocycles. The van der Waals surface area contributed by atoms with E-state index < -0.39 is 0 Å². The van der Waals surface area contributed by atoms with Crippen LogP contribution in [0, 0.1) is 0 Å². The van der Waals surface area contributed by atoms with Gasteiger partial charge in [0, 0.05) is 36.3 Å². The third kappa shape index (κ3) is 2.63. The third-order valence-electron chi connectivity index (χ3n) is 2.52. The van der Waals surface area contributed by atoms with Crippen LogP contribution in [0.25, 0.3) is 6.20 Å². The van der Waals surface area contributed by atoms with E-state index in [0.29, 0.717) is 12.3 Å². The molecule has 2 aromatic rings. The normalized spacial score (nSPS) is 10.1. The van der Waals surface area contributed by atoms with Crippen molar-refractivity contribution in [2.24, 2.45) is 0 Å². The van der Waals surface area contributed by atoms with E-state index in [1.807, 2.05) is 12.3 Å². The highest BCUT2D eigenvalue weighted by molar-refractivity contribution is 5.54. The van der Waals surface area contributed by atoms with Crippen molar-refractivity contribution in [3.05, 3.63) is 42.7 Å². The average molecular weight is 245 g/mol. The second-order valence-corrected chi connectivity index (χ2v) is 3.75. The monoisotopic (exact) mass is 245 g/mol. The third-order valence-corrected chi connectivity index (χ3v) is 2.52. The molecule has 5 heteroatoms. The van der Waals surface area contributed by atoms with E-state index in [1.165, 1.54) is 7.11 Å². The van der Waals surface area contributed by atoms with Crippen LogP contribution in [0.15, 0.2) is 37.2 Å². The van der Waals surface area contributed by atoms with Crippen molar-refractivity contribution in [2.45, 2.75) is 6.54 Å². The van der Waals surface area contributed by atoms with Gasteiger partial charge in [-0.1, -0.05) is 6.58 Å². The van der Waals surface area contributed by atoms with Gasteiger partial charge >= 0.3 is 0 Å². The van der Waals surface area contributed by atoms with Gasteiger partial charge in [-0.3, -0.25) is 0 Å². The van der Waals surface area contributed by atoms with Gasteiger partial charge in [0.05, 0.1) is 13.3 Å². The van der Waals surface area contributed by atoms with Crippen molar-refractivity contribution < 1.29 is 9.84 Å². The molecule has 0 bridgehead atoms. The van der Waals surface area contributed by atoms with Crippen molar-refractivity contribution in [3.8, 4) is 11.5 Å². The number of hydrogen-bond donors (Lipinski definition) is 2. The number of aromatic nitrogens is 2. The average Bonchev–Trinajstić information content (AvgIpc) is 2.84. The fourth-order valence-corrected chi connectivity index (χ4v) is 1.57. The van der Waals surface area contributed by atoms with Gasteiger partial charge in [-0.15, -0.1) is 0 Å². The molecule has 2 rings (SSSR count). The molecule has 0 atom stereocenters. The Morgan fingerprint density at radius 2 is 2.39 bits per heavy atom. The number of methoxy groups -OCH3 is 1. The quantitative estimate of drug-likeness (QED) is 0.848. The van der Waals surface area contributed by atoms with E-state index in [9.17, 15) is 5.11 Å². The molecule has 0 radical (unpaired) electrons. The lowest BCUT2D eigenvalue weighted by molar-refractivity contribution is 0.373. The van der Waals surface area contributed by atoms with E-state index in [4.69, 9.17) is 4.74 Å². The number of anilines is 1. The standard InChI is InChI=1S/C13H15N3O2/c1-3-16-9-10(8-15-16)7-14-11-4-5-13(18-2)12(17)6-11/h3-6,8-9,14,17H,1,7H2,2H3. The first-order chi connectivity index (χ1) is 8.72. The number of benzene rings is 1. The van der Waals surface area contributed by atoms with E-state index in [2.05, 4.69) is 17.0 Å². The Balaban J connectivity index is 2.01. The summed E-state index contributed by atoms with van der Waals surface area (Å²) in [7, 11) is 1.52. The Bertz CT molecular complexity index is 549. The summed E-state index contributed by atoms with van der Waals surface area (Å²) in [4.78, 5) is 0. The molecule has 1 heterocycles. The molecule has 0 aliphatic carbocycles. The van der Waals surface area contributed by atoms with Gasteiger partial charge in [-0.25, -0.2) is 4.68 Å². The Hall–Kier alpha value is -2.43. The topological polar surface area (TPSA) is 59.3 Å². The van der Waals surface area contributed by atoms with E-state index in [-0.39, 0.29) is 5.75 Å². The number of nitrogens with one attached hydrogen (secondary N) is 1. The smallest absolute Gasteiger partial charge is 0.160 e. The molecule has 0 amide bonds. The van der Waals surface area contributed by atoms with Gasteiger partial charge < -0.3 is 15.2 Å². The van der Waals surface area contributed by atoms with Gasteiger partial charge in [0.1, 0.15) is 0 Å². The predicted molar refractivity (Wildman–Crippen MR) is 70.6 cm³/mol. The SMILES string of the molecule is C=Cn1cc(CNc2ccc(OC)c(O)c2)cn1. The lowest BCUT2D eigenvalue weighted by Gasteiger charge is -2.07. The molecule has 94 valence electrons. The zero-order chi connectivity index (χ0) is 13.0. The predicted octanol–water partition coefficient (Wildman–Crippen LogP) is 2.31. The lowest BCUT2D eigenvalue weighted by Crippen LogP contribution is -1.98. The highest BCUT2D eigenvalue weighted by Gasteiger charge is 2.02. The summed E-state index contributed by atoms with van der Waals surface area (Å²) in [5.74, 6) is 0.573. The maximum Gasteiger partial charge on any atom is 0.160 e. The van der Waals surface area contributed by atoms with Crippen LogP contribution < -0.4 is 10.1 Å². The summed E-state index contributed by atoms with van der Waals surface area (Å²) in [6.45, 7) is 4.25. The van der Waals surface area contributed by atoms with Crippen LogP contribution >= 0.6 is 0 Å². The second kappa shape index (κ2) is 5.27. The summed E-state index contributed by atoms with van der Waals surface area (Å²) in [5.41, 5.74) is 1.85. The van der Waals surface area contributed by atoms with Crippen molar-refractivity contribution >= 4 is 11.9 Å². The van der Waals surface area contributed by atoms with Crippen molar-refractivity contribution in [3.63, 3.8) is 0 Å². The van der Waals surface area contributed by atoms with Crippen LogP contribution in [-0.2, 0) is 6.54 Å². The summed E-state index contributed by atoms with van der Waals surface area (Å²) < 4.78 is 6.62. The molecule has 0 fully saturated rings. The van der Waals surface area contributed by atoms with Crippen LogP contribution in [0.5, 0.6) is 11.5 Å². The van der Waals surface area contributed by atoms with Gasteiger partial charge in [0.2, 0.25) is 0 Å². The Morgan fingerprint density at radius 1 is 1.56 bits per heavy atom.